The summed E-state index contributed by atoms with van der Waals surface area (Å²) in [4.78, 5) is 30.7. The zero-order valence-corrected chi connectivity index (χ0v) is 24.7. The Morgan fingerprint density at radius 2 is 1.44 bits per heavy atom. The van der Waals surface area contributed by atoms with E-state index in [4.69, 9.17) is 17.0 Å². The summed E-state index contributed by atoms with van der Waals surface area (Å²) in [7, 11) is 0. The second kappa shape index (κ2) is 11.2. The van der Waals surface area contributed by atoms with E-state index in [-0.39, 0.29) is 11.0 Å². The molecule has 1 spiro atoms. The molecule has 0 atom stereocenters. The van der Waals surface area contributed by atoms with Gasteiger partial charge in [-0.15, -0.1) is 0 Å². The Bertz CT molecular complexity index is 1470. The van der Waals surface area contributed by atoms with Gasteiger partial charge in [0.05, 0.1) is 0 Å². The third-order valence-electron chi connectivity index (χ3n) is 7.91. The van der Waals surface area contributed by atoms with Gasteiger partial charge in [-0.05, 0) is 64.2 Å². The molecule has 0 aromatic heterocycles. The topological polar surface area (TPSA) is 77.2 Å². The highest BCUT2D eigenvalue weighted by Gasteiger charge is 2.57. The van der Waals surface area contributed by atoms with Crippen molar-refractivity contribution in [3.8, 4) is 11.5 Å². The molecule has 0 saturated carbocycles. The first-order valence-electron chi connectivity index (χ1n) is 14.0. The van der Waals surface area contributed by atoms with Crippen LogP contribution in [0.25, 0.3) is 0 Å². The van der Waals surface area contributed by atoms with Gasteiger partial charge in [-0.1, -0.05) is 36.9 Å². The molecule has 9 heteroatoms. The van der Waals surface area contributed by atoms with E-state index in [1.165, 1.54) is 5.01 Å². The van der Waals surface area contributed by atoms with Crippen LogP contribution >= 0.6 is 12.2 Å². The van der Waals surface area contributed by atoms with E-state index in [0.29, 0.717) is 17.1 Å². The van der Waals surface area contributed by atoms with Crippen LogP contribution in [0.3, 0.4) is 0 Å². The third kappa shape index (κ3) is 4.50. The number of amides is 2. The average Bonchev–Trinajstić information content (AvgIpc) is 3.22. The fraction of sp³-hybridized carbons (Fsp3) is 0.281. The lowest BCUT2D eigenvalue weighted by Crippen LogP contribution is -2.58. The second-order valence-corrected chi connectivity index (χ2v) is 10.2. The first kappa shape index (κ1) is 28.2. The molecule has 212 valence electrons. The molecule has 2 heterocycles. The van der Waals surface area contributed by atoms with Crippen molar-refractivity contribution in [1.29, 1.82) is 0 Å². The van der Waals surface area contributed by atoms with Crippen molar-refractivity contribution in [2.75, 3.05) is 36.0 Å². The maximum absolute atomic E-state index is 14.1. The zero-order chi connectivity index (χ0) is 29.3. The Morgan fingerprint density at radius 3 is 1.95 bits per heavy atom. The van der Waals surface area contributed by atoms with Gasteiger partial charge in [-0.25, -0.2) is 5.01 Å². The lowest BCUT2D eigenvalue weighted by Gasteiger charge is -2.44. The molecule has 2 aliphatic rings. The summed E-state index contributed by atoms with van der Waals surface area (Å²) in [6.45, 7) is 15.3. The molecule has 0 fully saturated rings. The van der Waals surface area contributed by atoms with Gasteiger partial charge in [0.2, 0.25) is 5.91 Å². The number of benzene rings is 3. The summed E-state index contributed by atoms with van der Waals surface area (Å²) in [6.07, 6.45) is 1.13. The largest absolute Gasteiger partial charge is 0.456 e. The first-order valence-corrected chi connectivity index (χ1v) is 14.4. The second-order valence-electron chi connectivity index (χ2n) is 9.84. The van der Waals surface area contributed by atoms with E-state index < -0.39 is 11.4 Å². The lowest BCUT2D eigenvalue weighted by atomic mass is 9.75. The highest BCUT2D eigenvalue weighted by molar-refractivity contribution is 7.80. The van der Waals surface area contributed by atoms with E-state index in [2.05, 4.69) is 66.9 Å². The molecule has 41 heavy (non-hydrogen) atoms. The minimum atomic E-state index is -1.12. The number of anilines is 2. The monoisotopic (exact) mass is 569 g/mol. The summed E-state index contributed by atoms with van der Waals surface area (Å²) in [5, 5.41) is 4.09. The van der Waals surface area contributed by atoms with E-state index in [9.17, 15) is 9.59 Å². The van der Waals surface area contributed by atoms with Crippen LogP contribution in [-0.4, -0.2) is 48.1 Å². The summed E-state index contributed by atoms with van der Waals surface area (Å²) in [6, 6.07) is 19.8. The molecule has 3 aromatic carbocycles. The molecule has 2 aliphatic heterocycles. The van der Waals surface area contributed by atoms with Gasteiger partial charge in [0.25, 0.3) is 5.91 Å². The molecular formula is C32H35N5O3S. The van der Waals surface area contributed by atoms with Gasteiger partial charge in [0.15, 0.2) is 5.11 Å². The maximum Gasteiger partial charge on any atom is 0.274 e. The highest BCUT2D eigenvalue weighted by atomic mass is 32.1. The van der Waals surface area contributed by atoms with Crippen molar-refractivity contribution in [3.63, 3.8) is 0 Å². The van der Waals surface area contributed by atoms with E-state index in [1.54, 1.807) is 0 Å². The molecule has 0 radical (unpaired) electrons. The van der Waals surface area contributed by atoms with Crippen LogP contribution in [-0.2, 0) is 10.3 Å². The lowest BCUT2D eigenvalue weighted by molar-refractivity contribution is -0.115. The van der Waals surface area contributed by atoms with Crippen LogP contribution in [0, 0.1) is 0 Å². The Balaban J connectivity index is 1.79. The van der Waals surface area contributed by atoms with Crippen LogP contribution in [0.1, 0.15) is 54.7 Å². The van der Waals surface area contributed by atoms with E-state index >= 15 is 0 Å². The van der Waals surface area contributed by atoms with Crippen molar-refractivity contribution >= 4 is 40.5 Å². The van der Waals surface area contributed by atoms with Gasteiger partial charge in [0, 0.05) is 71.9 Å². The van der Waals surface area contributed by atoms with Crippen molar-refractivity contribution in [2.45, 2.75) is 33.2 Å². The normalized spacial score (nSPS) is 14.0. The number of nitrogens with zero attached hydrogens (tertiary/aromatic N) is 3. The molecule has 5 rings (SSSR count). The number of nitrogens with one attached hydrogen (secondary N) is 2. The molecular weight excluding hydrogens is 534 g/mol. The summed E-state index contributed by atoms with van der Waals surface area (Å²) in [5.41, 5.74) is 6.91. The van der Waals surface area contributed by atoms with Crippen LogP contribution < -0.4 is 25.3 Å². The predicted molar refractivity (Wildman–Crippen MR) is 167 cm³/mol. The summed E-state index contributed by atoms with van der Waals surface area (Å²) < 4.78 is 6.67. The number of fused-ring (bicyclic) bond motifs is 6. The van der Waals surface area contributed by atoms with Gasteiger partial charge in [-0.3, -0.25) is 20.3 Å². The Hall–Kier alpha value is -4.37. The van der Waals surface area contributed by atoms with Gasteiger partial charge < -0.3 is 14.5 Å². The molecule has 0 unspecified atom stereocenters. The van der Waals surface area contributed by atoms with Crippen molar-refractivity contribution in [1.82, 2.24) is 15.8 Å². The number of hydrogen-bond donors (Lipinski definition) is 2. The molecule has 0 saturated heterocycles. The molecule has 2 amide bonds. The number of hydrazine groups is 1. The summed E-state index contributed by atoms with van der Waals surface area (Å²) in [5.74, 6) is 0.559. The Kier molecular flexibility index (Phi) is 7.73. The third-order valence-corrected chi connectivity index (χ3v) is 8.10. The van der Waals surface area contributed by atoms with Crippen LogP contribution in [0.4, 0.5) is 11.4 Å². The number of thiocarbonyl (C=S) groups is 1. The number of ether oxygens (including phenoxy) is 1. The number of hydrogen-bond acceptors (Lipinski definition) is 6. The number of rotatable bonds is 8. The van der Waals surface area contributed by atoms with Crippen molar-refractivity contribution in [3.05, 3.63) is 95.6 Å². The maximum atomic E-state index is 14.1. The fourth-order valence-corrected chi connectivity index (χ4v) is 6.15. The molecule has 3 aromatic rings. The van der Waals surface area contributed by atoms with Gasteiger partial charge >= 0.3 is 0 Å². The molecule has 0 aliphatic carbocycles. The highest BCUT2D eigenvalue weighted by Crippen LogP contribution is 2.57. The number of carbonyl (C=O) groups is 2. The standard InChI is InChI=1S/C32H35N5O3S/c1-6-29(38)33-31(41)34-37-30(39)23-13-11-12-14-24(23)32(37)25-17-15-21(35(7-2)8-3)19-27(25)40-28-20-22(16-18-26(28)32)36(9-4)10-5/h6,11-20H,1,7-10H2,2-5H3,(H2,33,34,38,41). The smallest absolute Gasteiger partial charge is 0.274 e. The predicted octanol–water partition coefficient (Wildman–Crippen LogP) is 5.32. The molecule has 0 bridgehead atoms. The van der Waals surface area contributed by atoms with Crippen LogP contribution in [0.2, 0.25) is 0 Å². The minimum absolute atomic E-state index is 0.00968. The van der Waals surface area contributed by atoms with Crippen LogP contribution in [0.5, 0.6) is 11.5 Å². The van der Waals surface area contributed by atoms with Gasteiger partial charge in [0.1, 0.15) is 17.0 Å². The quantitative estimate of drug-likeness (QED) is 0.281. The molecule has 2 N–H and O–H groups in total. The fourth-order valence-electron chi connectivity index (χ4n) is 5.96. The Labute approximate surface area is 246 Å². The number of carbonyl (C=O) groups excluding carboxylic acids is 2. The van der Waals surface area contributed by atoms with Crippen LogP contribution in [0.15, 0.2) is 73.3 Å². The SMILES string of the molecule is C=CC(=O)NC(=S)NN1C(=O)c2ccccc2C12c1ccc(N(CC)CC)cc1Oc1cc(N(CC)CC)ccc12. The minimum Gasteiger partial charge on any atom is -0.456 e. The van der Waals surface area contributed by atoms with Gasteiger partial charge in [-0.2, -0.15) is 0 Å². The molecule has 8 nitrogen and oxygen atoms in total. The Morgan fingerprint density at radius 1 is 0.902 bits per heavy atom. The first-order chi connectivity index (χ1) is 19.8. The van der Waals surface area contributed by atoms with Crippen molar-refractivity contribution in [2.24, 2.45) is 0 Å². The zero-order valence-electron chi connectivity index (χ0n) is 23.9. The van der Waals surface area contributed by atoms with E-state index in [0.717, 1.165) is 60.3 Å². The van der Waals surface area contributed by atoms with E-state index in [1.807, 2.05) is 48.5 Å². The summed E-state index contributed by atoms with van der Waals surface area (Å²) >= 11 is 5.49. The average molecular weight is 570 g/mol. The van der Waals surface area contributed by atoms with Crippen molar-refractivity contribution < 1.29 is 14.3 Å².